The van der Waals surface area contributed by atoms with E-state index in [9.17, 15) is 0 Å². The first kappa shape index (κ1) is 14.1. The van der Waals surface area contributed by atoms with Crippen molar-refractivity contribution in [2.24, 2.45) is 0 Å². The van der Waals surface area contributed by atoms with Crippen LogP contribution in [0.5, 0.6) is 0 Å². The van der Waals surface area contributed by atoms with Crippen molar-refractivity contribution in [3.05, 3.63) is 0 Å². The van der Waals surface area contributed by atoms with E-state index in [-0.39, 0.29) is 0 Å². The highest BCUT2D eigenvalue weighted by Gasteiger charge is 1.91. The Balaban J connectivity index is 2.76. The van der Waals surface area contributed by atoms with Crippen molar-refractivity contribution in [3.8, 4) is 0 Å². The third kappa shape index (κ3) is 13.1. The number of thiol groups is 2. The van der Waals surface area contributed by atoms with Gasteiger partial charge in [-0.2, -0.15) is 37.0 Å². The Hall–Kier alpha value is 1.05. The molecule has 0 atom stereocenters. The summed E-state index contributed by atoms with van der Waals surface area (Å²) in [6, 6.07) is 0. The number of thioether (sulfide) groups is 1. The molecule has 0 saturated heterocycles. The average molecular weight is 238 g/mol. The molecule has 0 rings (SSSR count). The topological polar surface area (TPSA) is 0 Å². The van der Waals surface area contributed by atoms with Crippen LogP contribution < -0.4 is 0 Å². The molecule has 0 bridgehead atoms. The summed E-state index contributed by atoms with van der Waals surface area (Å²) in [4.78, 5) is 0. The minimum Gasteiger partial charge on any atom is -0.179 e. The zero-order valence-electron chi connectivity index (χ0n) is 8.37. The van der Waals surface area contributed by atoms with Crippen molar-refractivity contribution in [1.29, 1.82) is 0 Å². The van der Waals surface area contributed by atoms with Crippen LogP contribution in [-0.2, 0) is 0 Å². The maximum Gasteiger partial charge on any atom is -0.00675 e. The lowest BCUT2D eigenvalue weighted by Crippen LogP contribution is -1.86. The quantitative estimate of drug-likeness (QED) is 0.430. The molecule has 0 aromatic heterocycles. The summed E-state index contributed by atoms with van der Waals surface area (Å²) in [5, 5.41) is 0. The molecule has 0 nitrogen and oxygen atoms in total. The summed E-state index contributed by atoms with van der Waals surface area (Å²) in [5.41, 5.74) is 0. The Kier molecular flexibility index (Phi) is 14.1. The van der Waals surface area contributed by atoms with Crippen molar-refractivity contribution in [2.45, 2.75) is 38.5 Å². The van der Waals surface area contributed by atoms with E-state index in [1.165, 1.54) is 50.0 Å². The zero-order chi connectivity index (χ0) is 9.78. The number of hydrogen-bond donors (Lipinski definition) is 2. The third-order valence-electron chi connectivity index (χ3n) is 1.89. The van der Waals surface area contributed by atoms with E-state index in [0.717, 1.165) is 11.5 Å². The van der Waals surface area contributed by atoms with Crippen LogP contribution in [0.3, 0.4) is 0 Å². The molecule has 0 amide bonds. The molecule has 0 radical (unpaired) electrons. The molecule has 0 aromatic rings. The van der Waals surface area contributed by atoms with E-state index in [2.05, 4.69) is 37.0 Å². The predicted molar refractivity (Wildman–Crippen MR) is 72.7 cm³/mol. The summed E-state index contributed by atoms with van der Waals surface area (Å²) in [6.07, 6.45) is 8.02. The van der Waals surface area contributed by atoms with Gasteiger partial charge >= 0.3 is 0 Å². The molecule has 0 saturated carbocycles. The van der Waals surface area contributed by atoms with E-state index in [1.54, 1.807) is 0 Å². The second kappa shape index (κ2) is 13.1. The van der Waals surface area contributed by atoms with Crippen LogP contribution in [0.2, 0.25) is 0 Å². The summed E-state index contributed by atoms with van der Waals surface area (Å²) < 4.78 is 0. The first-order valence-corrected chi connectivity index (χ1v) is 7.63. The van der Waals surface area contributed by atoms with Crippen molar-refractivity contribution in [2.75, 3.05) is 23.0 Å². The number of unbranched alkanes of at least 4 members (excludes halogenated alkanes) is 4. The summed E-state index contributed by atoms with van der Waals surface area (Å²) >= 11 is 10.5. The first-order valence-electron chi connectivity index (χ1n) is 5.21. The van der Waals surface area contributed by atoms with E-state index in [1.807, 2.05) is 0 Å². The van der Waals surface area contributed by atoms with Gasteiger partial charge in [0.25, 0.3) is 0 Å². The van der Waals surface area contributed by atoms with Gasteiger partial charge in [0.1, 0.15) is 0 Å². The van der Waals surface area contributed by atoms with Gasteiger partial charge in [-0.1, -0.05) is 12.8 Å². The Morgan fingerprint density at radius 1 is 0.615 bits per heavy atom. The van der Waals surface area contributed by atoms with Gasteiger partial charge < -0.3 is 0 Å². The highest BCUT2D eigenvalue weighted by Crippen LogP contribution is 2.10. The van der Waals surface area contributed by atoms with Crippen molar-refractivity contribution >= 4 is 37.0 Å². The maximum absolute atomic E-state index is 4.19. The molecule has 0 aliphatic heterocycles. The fraction of sp³-hybridized carbons (Fsp3) is 1.00. The molecule has 0 aliphatic carbocycles. The SMILES string of the molecule is SCCCCCSCCCCCS. The smallest absolute Gasteiger partial charge is 0.00675 e. The summed E-state index contributed by atoms with van der Waals surface area (Å²) in [5.74, 6) is 4.78. The molecule has 80 valence electrons. The molecule has 0 N–H and O–H groups in total. The molecular weight excluding hydrogens is 216 g/mol. The molecule has 3 heteroatoms. The predicted octanol–water partition coefficient (Wildman–Crippen LogP) is 3.92. The lowest BCUT2D eigenvalue weighted by atomic mass is 10.3. The van der Waals surface area contributed by atoms with Gasteiger partial charge in [-0.25, -0.2) is 0 Å². The largest absolute Gasteiger partial charge is 0.179 e. The highest BCUT2D eigenvalue weighted by molar-refractivity contribution is 7.99. The fourth-order valence-electron chi connectivity index (χ4n) is 1.09. The van der Waals surface area contributed by atoms with E-state index < -0.39 is 0 Å². The van der Waals surface area contributed by atoms with Gasteiger partial charge in [0.05, 0.1) is 0 Å². The second-order valence-corrected chi connectivity index (χ2v) is 5.30. The lowest BCUT2D eigenvalue weighted by Gasteiger charge is -2.00. The Labute approximate surface area is 98.5 Å². The van der Waals surface area contributed by atoms with Crippen molar-refractivity contribution in [3.63, 3.8) is 0 Å². The van der Waals surface area contributed by atoms with Gasteiger partial charge in [0.15, 0.2) is 0 Å². The van der Waals surface area contributed by atoms with Crippen LogP contribution in [0.4, 0.5) is 0 Å². The van der Waals surface area contributed by atoms with Gasteiger partial charge in [-0.3, -0.25) is 0 Å². The molecule has 0 aliphatic rings. The molecule has 0 aromatic carbocycles. The zero-order valence-corrected chi connectivity index (χ0v) is 11.0. The van der Waals surface area contributed by atoms with Crippen molar-refractivity contribution < 1.29 is 0 Å². The number of hydrogen-bond acceptors (Lipinski definition) is 3. The van der Waals surface area contributed by atoms with E-state index in [0.29, 0.717) is 0 Å². The first-order chi connectivity index (χ1) is 6.41. The van der Waals surface area contributed by atoms with Crippen LogP contribution in [0, 0.1) is 0 Å². The van der Waals surface area contributed by atoms with Gasteiger partial charge in [-0.05, 0) is 48.7 Å². The van der Waals surface area contributed by atoms with E-state index >= 15 is 0 Å². The molecule has 0 fully saturated rings. The van der Waals surface area contributed by atoms with E-state index in [4.69, 9.17) is 0 Å². The van der Waals surface area contributed by atoms with Crippen LogP contribution >= 0.6 is 37.0 Å². The van der Waals surface area contributed by atoms with Gasteiger partial charge in [0.2, 0.25) is 0 Å². The summed E-state index contributed by atoms with van der Waals surface area (Å²) in [7, 11) is 0. The fourth-order valence-corrected chi connectivity index (χ4v) is 2.56. The minimum absolute atomic E-state index is 1.05. The molecule has 0 heterocycles. The van der Waals surface area contributed by atoms with Crippen LogP contribution in [0.15, 0.2) is 0 Å². The molecular formula is C10H22S3. The van der Waals surface area contributed by atoms with Crippen molar-refractivity contribution in [1.82, 2.24) is 0 Å². The van der Waals surface area contributed by atoms with Crippen LogP contribution in [0.1, 0.15) is 38.5 Å². The lowest BCUT2D eigenvalue weighted by molar-refractivity contribution is 0.776. The van der Waals surface area contributed by atoms with Crippen LogP contribution in [0.25, 0.3) is 0 Å². The Bertz CT molecular complexity index is 76.2. The molecule has 0 spiro atoms. The molecule has 0 unspecified atom stereocenters. The average Bonchev–Trinajstić information content (AvgIpc) is 2.16. The summed E-state index contributed by atoms with van der Waals surface area (Å²) in [6.45, 7) is 0. The minimum atomic E-state index is 1.05. The molecule has 13 heavy (non-hydrogen) atoms. The van der Waals surface area contributed by atoms with Gasteiger partial charge in [0, 0.05) is 0 Å². The second-order valence-electron chi connectivity index (χ2n) is 3.18. The highest BCUT2D eigenvalue weighted by atomic mass is 32.2. The van der Waals surface area contributed by atoms with Crippen LogP contribution in [-0.4, -0.2) is 23.0 Å². The Morgan fingerprint density at radius 2 is 1.08 bits per heavy atom. The standard InChI is InChI=1S/C10H22S3/c11-7-3-1-5-9-13-10-6-2-4-8-12/h11-12H,1-10H2. The maximum atomic E-state index is 4.19. The monoisotopic (exact) mass is 238 g/mol. The van der Waals surface area contributed by atoms with Gasteiger partial charge in [-0.15, -0.1) is 0 Å². The third-order valence-corrected chi connectivity index (χ3v) is 3.68. The normalized spacial score (nSPS) is 10.6. The number of rotatable bonds is 10. The Morgan fingerprint density at radius 3 is 1.46 bits per heavy atom.